The maximum absolute atomic E-state index is 14.0. The molecular weight excluding hydrogens is 353 g/mol. The van der Waals surface area contributed by atoms with Crippen molar-refractivity contribution in [2.45, 2.75) is 51.5 Å². The molecule has 1 unspecified atom stereocenters. The summed E-state index contributed by atoms with van der Waals surface area (Å²) in [4.78, 5) is 15.9. The molecule has 0 bridgehead atoms. The quantitative estimate of drug-likeness (QED) is 0.408. The molecule has 118 valence electrons. The van der Waals surface area contributed by atoms with Crippen molar-refractivity contribution in [3.8, 4) is 0 Å². The topological polar surface area (TPSA) is 39.2 Å². The Morgan fingerprint density at radius 2 is 2.05 bits per heavy atom. The third-order valence-electron chi connectivity index (χ3n) is 3.89. The van der Waals surface area contributed by atoms with Crippen LogP contribution in [-0.4, -0.2) is 31.9 Å². The van der Waals surface area contributed by atoms with E-state index in [1.54, 1.807) is 12.1 Å². The molecule has 0 amide bonds. The lowest BCUT2D eigenvalue weighted by Gasteiger charge is -2.36. The van der Waals surface area contributed by atoms with Crippen molar-refractivity contribution in [2.75, 3.05) is 6.61 Å². The van der Waals surface area contributed by atoms with Gasteiger partial charge in [0.25, 0.3) is 0 Å². The van der Waals surface area contributed by atoms with E-state index < -0.39 is 20.3 Å². The minimum absolute atomic E-state index is 0.0690. The number of rotatable bonds is 6. The molecule has 0 N–H and O–H groups in total. The molecule has 0 fully saturated rings. The van der Waals surface area contributed by atoms with E-state index in [2.05, 4.69) is 54.8 Å². The highest BCUT2D eigenvalue weighted by Crippen LogP contribution is 2.36. The van der Waals surface area contributed by atoms with Crippen molar-refractivity contribution >= 4 is 30.0 Å². The van der Waals surface area contributed by atoms with Gasteiger partial charge in [-0.3, -0.25) is 4.79 Å². The lowest BCUT2D eigenvalue weighted by atomic mass is 10.1. The Balaban J connectivity index is 2.55. The minimum Gasteiger partial charge on any atom is -0.417 e. The van der Waals surface area contributed by atoms with Crippen molar-refractivity contribution in [2.24, 2.45) is 0 Å². The fourth-order valence-corrected chi connectivity index (χ4v) is 2.88. The molecule has 0 saturated carbocycles. The predicted octanol–water partition coefficient (Wildman–Crippen LogP) is 4.78. The molecule has 1 heterocycles. The maximum Gasteiger partial charge on any atom is 0.215 e. The highest BCUT2D eigenvalue weighted by atomic mass is 79.9. The summed E-state index contributed by atoms with van der Waals surface area (Å²) in [6, 6.07) is 4.89. The number of hydrogen-bond donors (Lipinski definition) is 0. The lowest BCUT2D eigenvalue weighted by Crippen LogP contribution is -2.41. The number of hydrogen-bond acceptors (Lipinski definition) is 3. The van der Waals surface area contributed by atoms with E-state index in [0.717, 1.165) is 0 Å². The Morgan fingerprint density at radius 3 is 2.57 bits per heavy atom. The van der Waals surface area contributed by atoms with Gasteiger partial charge in [-0.2, -0.15) is 0 Å². The molecule has 0 radical (unpaired) electrons. The van der Waals surface area contributed by atoms with Crippen LogP contribution in [0.3, 0.4) is 0 Å². The summed E-state index contributed by atoms with van der Waals surface area (Å²) in [5.74, 6) is -0.588. The average Bonchev–Trinajstić information content (AvgIpc) is 2.36. The first-order chi connectivity index (χ1) is 9.54. The Bertz CT molecular complexity index is 503. The summed E-state index contributed by atoms with van der Waals surface area (Å²) in [5.41, 5.74) is 0.143. The van der Waals surface area contributed by atoms with Crippen LogP contribution in [0.4, 0.5) is 4.39 Å². The van der Waals surface area contributed by atoms with Crippen LogP contribution in [0.5, 0.6) is 0 Å². The second-order valence-electron chi connectivity index (χ2n) is 6.57. The second-order valence-corrected chi connectivity index (χ2v) is 12.2. The molecular formula is C15H23BrFNO2Si. The van der Waals surface area contributed by atoms with Gasteiger partial charge in [0.2, 0.25) is 5.78 Å². The summed E-state index contributed by atoms with van der Waals surface area (Å²) in [6.45, 7) is 10.9. The molecule has 1 atom stereocenters. The van der Waals surface area contributed by atoms with Gasteiger partial charge >= 0.3 is 0 Å². The predicted molar refractivity (Wildman–Crippen MR) is 88.9 cm³/mol. The van der Waals surface area contributed by atoms with Gasteiger partial charge in [0, 0.05) is 13.0 Å². The number of carbonyl (C=O) groups excluding carboxylic acids is 1. The van der Waals surface area contributed by atoms with E-state index >= 15 is 0 Å². The van der Waals surface area contributed by atoms with E-state index in [1.807, 2.05) is 0 Å². The van der Waals surface area contributed by atoms with Gasteiger partial charge in [0.1, 0.15) is 10.3 Å². The molecule has 6 heteroatoms. The van der Waals surface area contributed by atoms with Gasteiger partial charge < -0.3 is 4.43 Å². The van der Waals surface area contributed by atoms with Crippen molar-refractivity contribution in [1.29, 1.82) is 0 Å². The lowest BCUT2D eigenvalue weighted by molar-refractivity contribution is 0.0842. The van der Waals surface area contributed by atoms with E-state index in [-0.39, 0.29) is 23.8 Å². The number of alkyl halides is 1. The molecule has 1 rings (SSSR count). The van der Waals surface area contributed by atoms with Crippen molar-refractivity contribution < 1.29 is 13.6 Å². The van der Waals surface area contributed by atoms with Gasteiger partial charge in [-0.1, -0.05) is 26.8 Å². The van der Waals surface area contributed by atoms with E-state index in [9.17, 15) is 9.18 Å². The zero-order valence-corrected chi connectivity index (χ0v) is 15.8. The number of ketones is 1. The molecule has 0 spiro atoms. The smallest absolute Gasteiger partial charge is 0.215 e. The zero-order chi connectivity index (χ0) is 16.3. The number of pyridine rings is 1. The van der Waals surface area contributed by atoms with Crippen LogP contribution in [0, 0.1) is 0 Å². The third-order valence-corrected chi connectivity index (χ3v) is 8.87. The Hall–Kier alpha value is -0.593. The fraction of sp³-hybridized carbons (Fsp3) is 0.600. The van der Waals surface area contributed by atoms with Crippen LogP contribution in [0.1, 0.15) is 37.7 Å². The third kappa shape index (κ3) is 5.27. The van der Waals surface area contributed by atoms with Crippen LogP contribution in [0.15, 0.2) is 22.8 Å². The SMILES string of the molecule is CC(C)(C)[Si](C)(C)OCCC(F)C(=O)c1cccc(Br)n1. The zero-order valence-electron chi connectivity index (χ0n) is 13.2. The number of carbonyl (C=O) groups is 1. The van der Waals surface area contributed by atoms with Gasteiger partial charge in [0.15, 0.2) is 14.5 Å². The molecule has 0 saturated heterocycles. The molecule has 0 aliphatic heterocycles. The van der Waals surface area contributed by atoms with Crippen LogP contribution < -0.4 is 0 Å². The molecule has 0 aromatic carbocycles. The largest absolute Gasteiger partial charge is 0.417 e. The number of halogens is 2. The van der Waals surface area contributed by atoms with Crippen LogP contribution >= 0.6 is 15.9 Å². The minimum atomic E-state index is -1.90. The van der Waals surface area contributed by atoms with Gasteiger partial charge in [0.05, 0.1) is 0 Å². The summed E-state index contributed by atoms with van der Waals surface area (Å²) in [6.07, 6.45) is -1.50. The molecule has 0 aliphatic rings. The Kier molecular flexibility index (Phi) is 6.25. The van der Waals surface area contributed by atoms with Crippen LogP contribution in [0.2, 0.25) is 18.1 Å². The maximum atomic E-state index is 14.0. The highest BCUT2D eigenvalue weighted by Gasteiger charge is 2.37. The molecule has 1 aromatic rings. The summed E-state index contributed by atoms with van der Waals surface area (Å²) in [5, 5.41) is 0.0780. The van der Waals surface area contributed by atoms with Crippen molar-refractivity contribution in [3.05, 3.63) is 28.5 Å². The van der Waals surface area contributed by atoms with Gasteiger partial charge in [-0.05, 0) is 46.2 Å². The number of aromatic nitrogens is 1. The van der Waals surface area contributed by atoms with E-state index in [4.69, 9.17) is 4.43 Å². The summed E-state index contributed by atoms with van der Waals surface area (Å²) in [7, 11) is -1.90. The van der Waals surface area contributed by atoms with E-state index in [0.29, 0.717) is 4.60 Å². The molecule has 3 nitrogen and oxygen atoms in total. The number of Topliss-reactive ketones (excluding diaryl/α,β-unsaturated/α-hetero) is 1. The number of nitrogens with zero attached hydrogens (tertiary/aromatic N) is 1. The monoisotopic (exact) mass is 375 g/mol. The second kappa shape index (κ2) is 7.11. The van der Waals surface area contributed by atoms with E-state index in [1.165, 1.54) is 6.07 Å². The normalized spacial score (nSPS) is 14.0. The van der Waals surface area contributed by atoms with Gasteiger partial charge in [-0.25, -0.2) is 9.37 Å². The first-order valence-electron chi connectivity index (χ1n) is 6.99. The first kappa shape index (κ1) is 18.5. The standard InChI is InChI=1S/C15H23BrFNO2Si/c1-15(2,3)21(4,5)20-10-9-11(17)14(19)12-7-6-8-13(16)18-12/h6-8,11H,9-10H2,1-5H3. The van der Waals surface area contributed by atoms with Crippen molar-refractivity contribution in [3.63, 3.8) is 0 Å². The summed E-state index contributed by atoms with van der Waals surface area (Å²) < 4.78 is 20.4. The fourth-order valence-electron chi connectivity index (χ4n) is 1.47. The molecule has 0 aliphatic carbocycles. The van der Waals surface area contributed by atoms with Crippen LogP contribution in [-0.2, 0) is 4.43 Å². The highest BCUT2D eigenvalue weighted by molar-refractivity contribution is 9.10. The molecule has 1 aromatic heterocycles. The Labute approximate surface area is 135 Å². The van der Waals surface area contributed by atoms with Crippen LogP contribution in [0.25, 0.3) is 0 Å². The average molecular weight is 376 g/mol. The first-order valence-corrected chi connectivity index (χ1v) is 10.7. The molecule has 21 heavy (non-hydrogen) atoms. The van der Waals surface area contributed by atoms with Crippen molar-refractivity contribution in [1.82, 2.24) is 4.98 Å². The van der Waals surface area contributed by atoms with Gasteiger partial charge in [-0.15, -0.1) is 0 Å². The summed E-state index contributed by atoms with van der Waals surface area (Å²) >= 11 is 3.18. The Morgan fingerprint density at radius 1 is 1.43 bits per heavy atom.